The molecule has 1 N–H and O–H groups in total. The fourth-order valence-electron chi connectivity index (χ4n) is 3.88. The van der Waals surface area contributed by atoms with E-state index in [1.165, 1.54) is 4.90 Å². The Morgan fingerprint density at radius 3 is 2.03 bits per heavy atom. The summed E-state index contributed by atoms with van der Waals surface area (Å²) in [7, 11) is 0. The highest BCUT2D eigenvalue weighted by atomic mass is 35.5. The zero-order valence-electron chi connectivity index (χ0n) is 19.5. The van der Waals surface area contributed by atoms with Crippen molar-refractivity contribution in [2.45, 2.75) is 40.0 Å². The highest BCUT2D eigenvalue weighted by molar-refractivity contribution is 6.46. The van der Waals surface area contributed by atoms with Crippen molar-refractivity contribution in [1.82, 2.24) is 0 Å². The molecule has 3 aromatic carbocycles. The molecule has 0 aromatic heterocycles. The molecule has 168 valence electrons. The summed E-state index contributed by atoms with van der Waals surface area (Å²) in [5.41, 5.74) is 5.65. The monoisotopic (exact) mass is 458 g/mol. The van der Waals surface area contributed by atoms with Crippen molar-refractivity contribution in [3.05, 3.63) is 99.7 Å². The molecular formula is C28H27ClN2O2. The van der Waals surface area contributed by atoms with Gasteiger partial charge < -0.3 is 5.32 Å². The molecule has 0 radical (unpaired) electrons. The van der Waals surface area contributed by atoms with Gasteiger partial charge in [-0.15, -0.1) is 0 Å². The lowest BCUT2D eigenvalue weighted by Crippen LogP contribution is -2.32. The quantitative estimate of drug-likeness (QED) is 0.445. The summed E-state index contributed by atoms with van der Waals surface area (Å²) in [6.45, 7) is 10.3. The Hall–Kier alpha value is -3.37. The molecule has 0 saturated heterocycles. The molecule has 2 amide bonds. The van der Waals surface area contributed by atoms with Crippen molar-refractivity contribution < 1.29 is 9.59 Å². The number of halogens is 1. The number of hydrogen-bond acceptors (Lipinski definition) is 3. The largest absolute Gasteiger partial charge is 0.350 e. The van der Waals surface area contributed by atoms with E-state index in [-0.39, 0.29) is 22.9 Å². The standard InChI is InChI=1S/C28H27ClN2O2/c1-17-6-8-19(9-7-17)24-25(30-23-15-12-21(29)16-18(23)2)27(33)31(26(24)32)22-13-10-20(11-14-22)28(3,4)5/h6-16,30H,1-5H3. The van der Waals surface area contributed by atoms with E-state index < -0.39 is 0 Å². The minimum atomic E-state index is -0.381. The second-order valence-electron chi connectivity index (χ2n) is 9.44. The predicted octanol–water partition coefficient (Wildman–Crippen LogP) is 6.65. The Morgan fingerprint density at radius 2 is 1.45 bits per heavy atom. The molecule has 1 heterocycles. The molecular weight excluding hydrogens is 432 g/mol. The van der Waals surface area contributed by atoms with E-state index >= 15 is 0 Å². The first-order valence-corrected chi connectivity index (χ1v) is 11.3. The van der Waals surface area contributed by atoms with Crippen LogP contribution in [0.1, 0.15) is 43.0 Å². The zero-order valence-corrected chi connectivity index (χ0v) is 20.2. The van der Waals surface area contributed by atoms with Gasteiger partial charge in [0.05, 0.1) is 11.3 Å². The molecule has 0 atom stereocenters. The SMILES string of the molecule is Cc1ccc(C2=C(Nc3ccc(Cl)cc3C)C(=O)N(c3ccc(C(C)(C)C)cc3)C2=O)cc1. The highest BCUT2D eigenvalue weighted by Crippen LogP contribution is 2.35. The van der Waals surface area contributed by atoms with E-state index in [0.717, 1.165) is 22.4 Å². The molecule has 4 nitrogen and oxygen atoms in total. The van der Waals surface area contributed by atoms with Gasteiger partial charge in [0.1, 0.15) is 5.70 Å². The minimum Gasteiger partial charge on any atom is -0.350 e. The lowest BCUT2D eigenvalue weighted by molar-refractivity contribution is -0.120. The average Bonchev–Trinajstić information content (AvgIpc) is 2.99. The van der Waals surface area contributed by atoms with Crippen molar-refractivity contribution in [2.75, 3.05) is 10.2 Å². The van der Waals surface area contributed by atoms with Gasteiger partial charge in [0.25, 0.3) is 11.8 Å². The van der Waals surface area contributed by atoms with Crippen molar-refractivity contribution in [1.29, 1.82) is 0 Å². The van der Waals surface area contributed by atoms with Crippen LogP contribution in [0.2, 0.25) is 5.02 Å². The van der Waals surface area contributed by atoms with Crippen LogP contribution in [0.3, 0.4) is 0 Å². The molecule has 5 heteroatoms. The van der Waals surface area contributed by atoms with Gasteiger partial charge in [-0.1, -0.05) is 74.3 Å². The number of aryl methyl sites for hydroxylation is 2. The van der Waals surface area contributed by atoms with Crippen LogP contribution in [0.25, 0.3) is 5.57 Å². The third-order valence-corrected chi connectivity index (χ3v) is 6.10. The summed E-state index contributed by atoms with van der Waals surface area (Å²) in [4.78, 5) is 28.4. The minimum absolute atomic E-state index is 0.0261. The molecule has 1 aliphatic heterocycles. The number of nitrogens with zero attached hydrogens (tertiary/aromatic N) is 1. The van der Waals surface area contributed by atoms with Crippen LogP contribution in [-0.2, 0) is 15.0 Å². The Morgan fingerprint density at radius 1 is 0.818 bits per heavy atom. The lowest BCUT2D eigenvalue weighted by Gasteiger charge is -2.21. The zero-order chi connectivity index (χ0) is 23.9. The number of hydrogen-bond donors (Lipinski definition) is 1. The van der Waals surface area contributed by atoms with Crippen molar-refractivity contribution >= 4 is 40.4 Å². The van der Waals surface area contributed by atoms with Gasteiger partial charge in [0, 0.05) is 10.7 Å². The van der Waals surface area contributed by atoms with Gasteiger partial charge in [0.15, 0.2) is 0 Å². The van der Waals surface area contributed by atoms with Crippen LogP contribution in [0, 0.1) is 13.8 Å². The van der Waals surface area contributed by atoms with Crippen LogP contribution in [0.5, 0.6) is 0 Å². The number of carbonyl (C=O) groups is 2. The molecule has 0 bridgehead atoms. The summed E-state index contributed by atoms with van der Waals surface area (Å²) in [5, 5.41) is 3.84. The summed E-state index contributed by atoms with van der Waals surface area (Å²) >= 11 is 6.10. The lowest BCUT2D eigenvalue weighted by atomic mass is 9.87. The molecule has 3 aromatic rings. The third kappa shape index (κ3) is 4.44. The van der Waals surface area contributed by atoms with Crippen LogP contribution < -0.4 is 10.2 Å². The second kappa shape index (κ2) is 8.53. The molecule has 0 saturated carbocycles. The molecule has 0 fully saturated rings. The smallest absolute Gasteiger partial charge is 0.282 e. The van der Waals surface area contributed by atoms with Gasteiger partial charge in [-0.05, 0) is 66.3 Å². The van der Waals surface area contributed by atoms with Crippen molar-refractivity contribution in [3.8, 4) is 0 Å². The summed E-state index contributed by atoms with van der Waals surface area (Å²) in [6.07, 6.45) is 0. The van der Waals surface area contributed by atoms with Gasteiger partial charge in [0.2, 0.25) is 0 Å². The summed E-state index contributed by atoms with van der Waals surface area (Å²) in [6, 6.07) is 20.6. The molecule has 0 unspecified atom stereocenters. The van der Waals surface area contributed by atoms with Crippen LogP contribution >= 0.6 is 11.6 Å². The number of rotatable bonds is 4. The Labute approximate surface area is 199 Å². The number of benzene rings is 3. The van der Waals surface area contributed by atoms with Gasteiger partial charge in [-0.2, -0.15) is 0 Å². The number of nitrogens with one attached hydrogen (secondary N) is 1. The second-order valence-corrected chi connectivity index (χ2v) is 9.88. The van der Waals surface area contributed by atoms with E-state index in [9.17, 15) is 9.59 Å². The van der Waals surface area contributed by atoms with E-state index in [2.05, 4.69) is 26.1 Å². The number of anilines is 2. The van der Waals surface area contributed by atoms with Crippen LogP contribution in [-0.4, -0.2) is 11.8 Å². The molecule has 0 aliphatic carbocycles. The maximum atomic E-state index is 13.6. The normalized spacial score (nSPS) is 14.3. The first-order valence-electron chi connectivity index (χ1n) is 10.9. The van der Waals surface area contributed by atoms with Gasteiger partial charge in [-0.25, -0.2) is 4.90 Å². The topological polar surface area (TPSA) is 49.4 Å². The maximum Gasteiger partial charge on any atom is 0.282 e. The van der Waals surface area contributed by atoms with E-state index in [1.54, 1.807) is 6.07 Å². The maximum absolute atomic E-state index is 13.6. The van der Waals surface area contributed by atoms with Gasteiger partial charge >= 0.3 is 0 Å². The summed E-state index contributed by atoms with van der Waals surface area (Å²) in [5.74, 6) is -0.727. The van der Waals surface area contributed by atoms with E-state index in [4.69, 9.17) is 11.6 Å². The van der Waals surface area contributed by atoms with Crippen molar-refractivity contribution in [3.63, 3.8) is 0 Å². The predicted molar refractivity (Wildman–Crippen MR) is 136 cm³/mol. The van der Waals surface area contributed by atoms with E-state index in [0.29, 0.717) is 21.8 Å². The summed E-state index contributed by atoms with van der Waals surface area (Å²) < 4.78 is 0. The molecule has 1 aliphatic rings. The average molecular weight is 459 g/mol. The third-order valence-electron chi connectivity index (χ3n) is 5.86. The Bertz CT molecular complexity index is 1270. The molecule has 33 heavy (non-hydrogen) atoms. The number of carbonyl (C=O) groups excluding carboxylic acids is 2. The fourth-order valence-corrected chi connectivity index (χ4v) is 4.11. The first-order chi connectivity index (χ1) is 15.6. The number of amides is 2. The molecule has 4 rings (SSSR count). The highest BCUT2D eigenvalue weighted by Gasteiger charge is 2.40. The molecule has 0 spiro atoms. The van der Waals surface area contributed by atoms with E-state index in [1.807, 2.05) is 74.5 Å². The Balaban J connectivity index is 1.79. The van der Waals surface area contributed by atoms with Crippen molar-refractivity contribution in [2.24, 2.45) is 0 Å². The fraction of sp³-hybridized carbons (Fsp3) is 0.214. The number of imide groups is 1. The first kappa shape index (κ1) is 22.8. The Kier molecular flexibility index (Phi) is 5.89. The van der Waals surface area contributed by atoms with Crippen LogP contribution in [0.4, 0.5) is 11.4 Å². The van der Waals surface area contributed by atoms with Crippen LogP contribution in [0.15, 0.2) is 72.4 Å². The van der Waals surface area contributed by atoms with Gasteiger partial charge in [-0.3, -0.25) is 9.59 Å².